The third-order valence-electron chi connectivity index (χ3n) is 4.44. The van der Waals surface area contributed by atoms with Crippen LogP contribution in [0.15, 0.2) is 47.3 Å². The highest BCUT2D eigenvalue weighted by atomic mass is 127. The molecule has 0 saturated heterocycles. The van der Waals surface area contributed by atoms with Crippen LogP contribution >= 0.6 is 22.6 Å². The molecule has 4 rings (SSSR count). The number of rotatable bonds is 1. The molecular weight excluding hydrogens is 429 g/mol. The average Bonchev–Trinajstić information content (AvgIpc) is 2.85. The summed E-state index contributed by atoms with van der Waals surface area (Å²) in [6, 6.07) is 13.2. The fraction of sp³-hybridized carbons (Fsp3) is 0.105. The average molecular weight is 443 g/mol. The molecule has 1 aliphatic rings. The van der Waals surface area contributed by atoms with Crippen molar-refractivity contribution in [1.29, 1.82) is 0 Å². The lowest BCUT2D eigenvalue weighted by Gasteiger charge is -2.08. The molecule has 0 saturated carbocycles. The number of hydrogen-bond acceptors (Lipinski definition) is 3. The van der Waals surface area contributed by atoms with E-state index >= 15 is 0 Å². The molecule has 0 unspecified atom stereocenters. The second-order valence-electron chi connectivity index (χ2n) is 5.93. The summed E-state index contributed by atoms with van der Waals surface area (Å²) in [5.74, 6) is 0.366. The Morgan fingerprint density at radius 2 is 1.84 bits per heavy atom. The van der Waals surface area contributed by atoms with E-state index in [1.165, 1.54) is 4.57 Å². The number of amides is 1. The number of hydrogen-bond donors (Lipinski definition) is 0. The minimum Gasteiger partial charge on any atom is -0.311 e. The second kappa shape index (κ2) is 5.80. The molecule has 2 aromatic carbocycles. The monoisotopic (exact) mass is 443 g/mol. The Balaban J connectivity index is 1.96. The molecule has 124 valence electrons. The summed E-state index contributed by atoms with van der Waals surface area (Å²) in [7, 11) is 3.42. The van der Waals surface area contributed by atoms with Gasteiger partial charge in [0.25, 0.3) is 11.5 Å². The van der Waals surface area contributed by atoms with Crippen LogP contribution in [-0.4, -0.2) is 22.5 Å². The molecular formula is C19H14IN3O2. The van der Waals surface area contributed by atoms with Crippen molar-refractivity contribution in [2.45, 2.75) is 0 Å². The van der Waals surface area contributed by atoms with Gasteiger partial charge in [-0.05, 0) is 52.9 Å². The maximum Gasteiger partial charge on any atom is 0.261 e. The van der Waals surface area contributed by atoms with E-state index in [1.54, 1.807) is 25.1 Å². The smallest absolute Gasteiger partial charge is 0.261 e. The molecule has 25 heavy (non-hydrogen) atoms. The number of halogens is 1. The summed E-state index contributed by atoms with van der Waals surface area (Å²) in [5.41, 5.74) is 2.77. The molecule has 1 amide bonds. The van der Waals surface area contributed by atoms with E-state index in [9.17, 15) is 9.59 Å². The Labute approximate surface area is 157 Å². The number of fused-ring (bicyclic) bond motifs is 2. The van der Waals surface area contributed by atoms with Gasteiger partial charge in [-0.15, -0.1) is 0 Å². The second-order valence-corrected chi connectivity index (χ2v) is 7.18. The summed E-state index contributed by atoms with van der Waals surface area (Å²) < 4.78 is 2.47. The number of para-hydroxylation sites is 1. The lowest BCUT2D eigenvalue weighted by molar-refractivity contribution is -0.112. The van der Waals surface area contributed by atoms with E-state index in [4.69, 9.17) is 0 Å². The summed E-state index contributed by atoms with van der Waals surface area (Å²) in [6.45, 7) is 0. The number of carbonyl (C=O) groups excluding carboxylic acids is 1. The zero-order chi connectivity index (χ0) is 17.7. The van der Waals surface area contributed by atoms with E-state index < -0.39 is 0 Å². The Kier molecular flexibility index (Phi) is 3.72. The highest BCUT2D eigenvalue weighted by Gasteiger charge is 2.29. The normalized spacial score (nSPS) is 15.2. The Hall–Kier alpha value is -2.48. The number of carbonyl (C=O) groups is 1. The number of benzene rings is 2. The van der Waals surface area contributed by atoms with Crippen molar-refractivity contribution in [2.75, 3.05) is 11.9 Å². The number of likely N-dealkylation sites (N-methyl/N-ethyl adjacent to an activating group) is 1. The SMILES string of the molecule is CN1C(=O)/C(=C\c2nc3ccc(I)cc3c(=O)n2C)c2ccccc21. The topological polar surface area (TPSA) is 55.2 Å². The van der Waals surface area contributed by atoms with E-state index in [1.807, 2.05) is 42.5 Å². The lowest BCUT2D eigenvalue weighted by Crippen LogP contribution is -2.22. The van der Waals surface area contributed by atoms with Gasteiger partial charge >= 0.3 is 0 Å². The van der Waals surface area contributed by atoms with Gasteiger partial charge in [0.2, 0.25) is 0 Å². The Bertz CT molecular complexity index is 1130. The molecule has 1 aliphatic heterocycles. The number of aromatic nitrogens is 2. The van der Waals surface area contributed by atoms with Gasteiger partial charge in [-0.1, -0.05) is 18.2 Å². The van der Waals surface area contributed by atoms with Gasteiger partial charge in [0.15, 0.2) is 0 Å². The van der Waals surface area contributed by atoms with Crippen LogP contribution in [0.1, 0.15) is 11.4 Å². The zero-order valence-electron chi connectivity index (χ0n) is 13.7. The molecule has 0 fully saturated rings. The molecule has 0 atom stereocenters. The molecule has 0 aliphatic carbocycles. The highest BCUT2D eigenvalue weighted by Crippen LogP contribution is 2.36. The molecule has 0 N–H and O–H groups in total. The van der Waals surface area contributed by atoms with Gasteiger partial charge in [0.05, 0.1) is 22.2 Å². The summed E-state index contributed by atoms with van der Waals surface area (Å²) in [4.78, 5) is 31.5. The lowest BCUT2D eigenvalue weighted by atomic mass is 10.1. The molecule has 6 heteroatoms. The molecule has 3 aromatic rings. The first-order chi connectivity index (χ1) is 12.0. The van der Waals surface area contributed by atoms with Crippen molar-refractivity contribution in [1.82, 2.24) is 9.55 Å². The van der Waals surface area contributed by atoms with E-state index in [-0.39, 0.29) is 11.5 Å². The fourth-order valence-electron chi connectivity index (χ4n) is 3.06. The van der Waals surface area contributed by atoms with E-state index in [0.29, 0.717) is 22.3 Å². The first kappa shape index (κ1) is 16.0. The quantitative estimate of drug-likeness (QED) is 0.429. The third-order valence-corrected chi connectivity index (χ3v) is 5.11. The van der Waals surface area contributed by atoms with E-state index in [2.05, 4.69) is 27.6 Å². The largest absolute Gasteiger partial charge is 0.311 e. The van der Waals surface area contributed by atoms with E-state index in [0.717, 1.165) is 14.8 Å². The fourth-order valence-corrected chi connectivity index (χ4v) is 3.55. The predicted molar refractivity (Wildman–Crippen MR) is 107 cm³/mol. The third kappa shape index (κ3) is 2.48. The maximum absolute atomic E-state index is 12.7. The van der Waals surface area contributed by atoms with Crippen LogP contribution < -0.4 is 10.5 Å². The molecule has 1 aromatic heterocycles. The standard InChI is InChI=1S/C19H14IN3O2/c1-22-16-6-4-3-5-12(16)13(18(22)24)10-17-21-15-8-7-11(20)9-14(15)19(25)23(17)2/h3-10H,1-2H3/b13-10-. The van der Waals surface area contributed by atoms with Gasteiger partial charge in [-0.2, -0.15) is 0 Å². The van der Waals surface area contributed by atoms with Gasteiger partial charge in [-0.3, -0.25) is 14.2 Å². The van der Waals surface area contributed by atoms with Crippen molar-refractivity contribution < 1.29 is 4.79 Å². The highest BCUT2D eigenvalue weighted by molar-refractivity contribution is 14.1. The molecule has 0 bridgehead atoms. The van der Waals surface area contributed by atoms with Crippen LogP contribution in [0.4, 0.5) is 5.69 Å². The van der Waals surface area contributed by atoms with Crippen molar-refractivity contribution >= 4 is 56.7 Å². The van der Waals surface area contributed by atoms with Crippen LogP contribution in [0, 0.1) is 3.57 Å². The Morgan fingerprint density at radius 3 is 2.64 bits per heavy atom. The zero-order valence-corrected chi connectivity index (χ0v) is 15.8. The van der Waals surface area contributed by atoms with Gasteiger partial charge in [0.1, 0.15) is 5.82 Å². The van der Waals surface area contributed by atoms with Crippen LogP contribution in [0.3, 0.4) is 0 Å². The van der Waals surface area contributed by atoms with Gasteiger partial charge < -0.3 is 4.90 Å². The van der Waals surface area contributed by atoms with Crippen molar-refractivity contribution in [2.24, 2.45) is 7.05 Å². The number of nitrogens with zero attached hydrogens (tertiary/aromatic N) is 3. The summed E-state index contributed by atoms with van der Waals surface area (Å²) >= 11 is 2.17. The minimum absolute atomic E-state index is 0.0989. The van der Waals surface area contributed by atoms with Crippen LogP contribution in [0.25, 0.3) is 22.6 Å². The molecule has 0 radical (unpaired) electrons. The van der Waals surface area contributed by atoms with Crippen molar-refractivity contribution in [3.8, 4) is 0 Å². The van der Waals surface area contributed by atoms with Gasteiger partial charge in [0, 0.05) is 23.2 Å². The predicted octanol–water partition coefficient (Wildman–Crippen LogP) is 3.06. The first-order valence-electron chi connectivity index (χ1n) is 7.73. The van der Waals surface area contributed by atoms with Crippen LogP contribution in [0.5, 0.6) is 0 Å². The minimum atomic E-state index is -0.123. The molecule has 5 nitrogen and oxygen atoms in total. The van der Waals surface area contributed by atoms with Crippen molar-refractivity contribution in [3.63, 3.8) is 0 Å². The van der Waals surface area contributed by atoms with Crippen molar-refractivity contribution in [3.05, 3.63) is 67.8 Å². The summed E-state index contributed by atoms with van der Waals surface area (Å²) in [6.07, 6.45) is 1.70. The molecule has 0 spiro atoms. The number of anilines is 1. The Morgan fingerprint density at radius 1 is 1.08 bits per heavy atom. The summed E-state index contributed by atoms with van der Waals surface area (Å²) in [5, 5.41) is 0.576. The maximum atomic E-state index is 12.7. The van der Waals surface area contributed by atoms with Crippen LogP contribution in [0.2, 0.25) is 0 Å². The van der Waals surface area contributed by atoms with Crippen LogP contribution in [-0.2, 0) is 11.8 Å². The molecule has 2 heterocycles. The first-order valence-corrected chi connectivity index (χ1v) is 8.80. The van der Waals surface area contributed by atoms with Gasteiger partial charge in [-0.25, -0.2) is 4.98 Å².